The van der Waals surface area contributed by atoms with E-state index in [9.17, 15) is 4.79 Å². The second-order valence-electron chi connectivity index (χ2n) is 7.51. The van der Waals surface area contributed by atoms with Gasteiger partial charge in [0, 0.05) is 19.1 Å². The van der Waals surface area contributed by atoms with E-state index in [0.29, 0.717) is 19.1 Å². The summed E-state index contributed by atoms with van der Waals surface area (Å²) < 4.78 is 5.36. The van der Waals surface area contributed by atoms with E-state index in [0.717, 1.165) is 38.6 Å². The number of ether oxygens (including phenoxy) is 1. The highest BCUT2D eigenvalue weighted by Crippen LogP contribution is 2.43. The Morgan fingerprint density at radius 1 is 1.23 bits per heavy atom. The topological polar surface area (TPSA) is 50.4 Å². The molecule has 1 atom stereocenters. The van der Waals surface area contributed by atoms with E-state index in [2.05, 4.69) is 24.5 Å². The van der Waals surface area contributed by atoms with Crippen molar-refractivity contribution in [2.24, 2.45) is 11.3 Å². The third-order valence-corrected chi connectivity index (χ3v) is 5.18. The fraction of sp³-hybridized carbons (Fsp3) is 0.941. The molecule has 1 amide bonds. The first-order valence-corrected chi connectivity index (χ1v) is 8.54. The lowest BCUT2D eigenvalue weighted by Gasteiger charge is -2.33. The van der Waals surface area contributed by atoms with Crippen molar-refractivity contribution >= 4 is 18.3 Å². The SMILES string of the molecule is COCC1(CNC(=O)C2(CC(C)C)CCCC2)CCCN1.Cl. The molecule has 0 aromatic heterocycles. The molecule has 0 aromatic carbocycles. The minimum absolute atomic E-state index is 0. The molecule has 4 nitrogen and oxygen atoms in total. The zero-order chi connectivity index (χ0) is 15.3. The van der Waals surface area contributed by atoms with E-state index in [-0.39, 0.29) is 29.3 Å². The van der Waals surface area contributed by atoms with Gasteiger partial charge in [-0.1, -0.05) is 26.7 Å². The predicted molar refractivity (Wildman–Crippen MR) is 92.5 cm³/mol. The number of amides is 1. The fourth-order valence-corrected chi connectivity index (χ4v) is 4.26. The van der Waals surface area contributed by atoms with Crippen LogP contribution in [0, 0.1) is 11.3 Å². The van der Waals surface area contributed by atoms with Crippen molar-refractivity contribution in [3.63, 3.8) is 0 Å². The minimum Gasteiger partial charge on any atom is -0.383 e. The maximum atomic E-state index is 12.8. The Bertz CT molecular complexity index is 349. The first kappa shape index (κ1) is 19.7. The van der Waals surface area contributed by atoms with Crippen LogP contribution in [0.3, 0.4) is 0 Å². The Hall–Kier alpha value is -0.320. The van der Waals surface area contributed by atoms with Gasteiger partial charge in [0.25, 0.3) is 0 Å². The summed E-state index contributed by atoms with van der Waals surface area (Å²) in [7, 11) is 1.74. The van der Waals surface area contributed by atoms with Crippen molar-refractivity contribution in [2.75, 3.05) is 26.8 Å². The number of hydrogen-bond donors (Lipinski definition) is 2. The summed E-state index contributed by atoms with van der Waals surface area (Å²) in [6.07, 6.45) is 7.77. The molecule has 1 saturated heterocycles. The zero-order valence-electron chi connectivity index (χ0n) is 14.4. The molecule has 2 fully saturated rings. The highest BCUT2D eigenvalue weighted by Gasteiger charge is 2.42. The molecule has 1 aliphatic heterocycles. The number of nitrogens with one attached hydrogen (secondary N) is 2. The summed E-state index contributed by atoms with van der Waals surface area (Å²) in [5.74, 6) is 0.851. The van der Waals surface area contributed by atoms with Crippen LogP contribution < -0.4 is 10.6 Å². The van der Waals surface area contributed by atoms with Crippen LogP contribution in [0.15, 0.2) is 0 Å². The monoisotopic (exact) mass is 332 g/mol. The van der Waals surface area contributed by atoms with Crippen LogP contribution in [-0.4, -0.2) is 38.3 Å². The summed E-state index contributed by atoms with van der Waals surface area (Å²) in [4.78, 5) is 12.8. The van der Waals surface area contributed by atoms with Crippen LogP contribution in [0.1, 0.15) is 58.8 Å². The highest BCUT2D eigenvalue weighted by atomic mass is 35.5. The second kappa shape index (κ2) is 8.51. The van der Waals surface area contributed by atoms with Crippen LogP contribution in [0.4, 0.5) is 0 Å². The summed E-state index contributed by atoms with van der Waals surface area (Å²) in [6.45, 7) is 6.83. The first-order chi connectivity index (χ1) is 10.0. The molecule has 0 aromatic rings. The molecule has 22 heavy (non-hydrogen) atoms. The molecule has 1 unspecified atom stereocenters. The van der Waals surface area contributed by atoms with Crippen LogP contribution in [0.2, 0.25) is 0 Å². The number of carbonyl (C=O) groups is 1. The number of rotatable bonds is 7. The summed E-state index contributed by atoms with van der Waals surface area (Å²) in [6, 6.07) is 0. The standard InChI is InChI=1S/C17H32N2O2.ClH/c1-14(2)11-16(7-4-5-8-16)15(20)18-12-17(13-21-3)9-6-10-19-17;/h14,19H,4-13H2,1-3H3,(H,18,20);1H. The van der Waals surface area contributed by atoms with Crippen molar-refractivity contribution in [1.29, 1.82) is 0 Å². The Morgan fingerprint density at radius 2 is 1.91 bits per heavy atom. The van der Waals surface area contributed by atoms with Crippen LogP contribution in [0.5, 0.6) is 0 Å². The van der Waals surface area contributed by atoms with Gasteiger partial charge in [-0.25, -0.2) is 0 Å². The van der Waals surface area contributed by atoms with Gasteiger partial charge in [0.15, 0.2) is 0 Å². The van der Waals surface area contributed by atoms with E-state index in [1.807, 2.05) is 0 Å². The largest absolute Gasteiger partial charge is 0.383 e. The molecule has 1 heterocycles. The normalized spacial score (nSPS) is 26.9. The molecule has 2 aliphatic rings. The maximum absolute atomic E-state index is 12.8. The molecule has 2 N–H and O–H groups in total. The van der Waals surface area contributed by atoms with Gasteiger partial charge in [-0.2, -0.15) is 0 Å². The van der Waals surface area contributed by atoms with Gasteiger partial charge in [0.05, 0.1) is 12.1 Å². The van der Waals surface area contributed by atoms with Gasteiger partial charge in [-0.05, 0) is 44.6 Å². The van der Waals surface area contributed by atoms with Crippen molar-refractivity contribution in [1.82, 2.24) is 10.6 Å². The van der Waals surface area contributed by atoms with Crippen LogP contribution >= 0.6 is 12.4 Å². The van der Waals surface area contributed by atoms with Gasteiger partial charge < -0.3 is 15.4 Å². The molecule has 5 heteroatoms. The summed E-state index contributed by atoms with van der Waals surface area (Å²) in [5, 5.41) is 6.79. The average Bonchev–Trinajstić information content (AvgIpc) is 3.07. The lowest BCUT2D eigenvalue weighted by Crippen LogP contribution is -2.55. The van der Waals surface area contributed by atoms with Gasteiger partial charge in [0.2, 0.25) is 5.91 Å². The van der Waals surface area contributed by atoms with Crippen molar-refractivity contribution in [2.45, 2.75) is 64.3 Å². The average molecular weight is 333 g/mol. The summed E-state index contributed by atoms with van der Waals surface area (Å²) in [5.41, 5.74) is -0.164. The third kappa shape index (κ3) is 4.59. The van der Waals surface area contributed by atoms with Crippen molar-refractivity contribution in [3.8, 4) is 0 Å². The van der Waals surface area contributed by atoms with Gasteiger partial charge in [-0.3, -0.25) is 4.79 Å². The molecule has 1 saturated carbocycles. The predicted octanol–water partition coefficient (Wildman–Crippen LogP) is 2.90. The van der Waals surface area contributed by atoms with Gasteiger partial charge in [-0.15, -0.1) is 12.4 Å². The summed E-state index contributed by atoms with van der Waals surface area (Å²) >= 11 is 0. The smallest absolute Gasteiger partial charge is 0.226 e. The lowest BCUT2D eigenvalue weighted by atomic mass is 9.77. The van der Waals surface area contributed by atoms with Crippen LogP contribution in [-0.2, 0) is 9.53 Å². The number of hydrogen-bond acceptors (Lipinski definition) is 3. The molecular formula is C17H33ClN2O2. The van der Waals surface area contributed by atoms with Crippen molar-refractivity contribution < 1.29 is 9.53 Å². The van der Waals surface area contributed by atoms with E-state index < -0.39 is 0 Å². The maximum Gasteiger partial charge on any atom is 0.226 e. The molecule has 0 spiro atoms. The van der Waals surface area contributed by atoms with E-state index in [1.54, 1.807) is 7.11 Å². The minimum atomic E-state index is -0.110. The van der Waals surface area contributed by atoms with Gasteiger partial charge in [0.1, 0.15) is 0 Å². The molecule has 0 bridgehead atoms. The number of halogens is 1. The Balaban J connectivity index is 0.00000242. The quantitative estimate of drug-likeness (QED) is 0.753. The Morgan fingerprint density at radius 3 is 2.41 bits per heavy atom. The number of carbonyl (C=O) groups excluding carboxylic acids is 1. The first-order valence-electron chi connectivity index (χ1n) is 8.54. The second-order valence-corrected chi connectivity index (χ2v) is 7.51. The van der Waals surface area contributed by atoms with E-state index in [4.69, 9.17) is 4.74 Å². The van der Waals surface area contributed by atoms with Crippen LogP contribution in [0.25, 0.3) is 0 Å². The van der Waals surface area contributed by atoms with Crippen molar-refractivity contribution in [3.05, 3.63) is 0 Å². The molecular weight excluding hydrogens is 300 g/mol. The Labute approximate surface area is 141 Å². The van der Waals surface area contributed by atoms with E-state index in [1.165, 1.54) is 12.8 Å². The number of methoxy groups -OCH3 is 1. The zero-order valence-corrected chi connectivity index (χ0v) is 15.2. The molecule has 130 valence electrons. The third-order valence-electron chi connectivity index (χ3n) is 5.18. The molecule has 1 aliphatic carbocycles. The van der Waals surface area contributed by atoms with Gasteiger partial charge >= 0.3 is 0 Å². The molecule has 2 rings (SSSR count). The Kier molecular flexibility index (Phi) is 7.63. The van der Waals surface area contributed by atoms with E-state index >= 15 is 0 Å². The lowest BCUT2D eigenvalue weighted by molar-refractivity contribution is -0.132. The molecule has 0 radical (unpaired) electrons. The highest BCUT2D eigenvalue weighted by molar-refractivity contribution is 5.85. The fourth-order valence-electron chi connectivity index (χ4n) is 4.26.